The van der Waals surface area contributed by atoms with Gasteiger partial charge in [0.25, 0.3) is 0 Å². The van der Waals surface area contributed by atoms with E-state index in [1.807, 2.05) is 0 Å². The summed E-state index contributed by atoms with van der Waals surface area (Å²) in [6.07, 6.45) is 0. The van der Waals surface area contributed by atoms with Crippen LogP contribution in [0.2, 0.25) is 0 Å². The minimum absolute atomic E-state index is 0.314. The van der Waals surface area contributed by atoms with Gasteiger partial charge in [-0.2, -0.15) is 0 Å². The highest BCUT2D eigenvalue weighted by molar-refractivity contribution is 5.31. The molecule has 0 radical (unpaired) electrons. The van der Waals surface area contributed by atoms with Crippen molar-refractivity contribution in [3.05, 3.63) is 70.8 Å². The van der Waals surface area contributed by atoms with E-state index in [-0.39, 0.29) is 11.6 Å². The summed E-state index contributed by atoms with van der Waals surface area (Å²) < 4.78 is 27.4. The van der Waals surface area contributed by atoms with Crippen LogP contribution in [0.1, 0.15) is 22.7 Å². The third-order valence-corrected chi connectivity index (χ3v) is 5.88. The number of hydrogen-bond acceptors (Lipinski definition) is 2. The van der Waals surface area contributed by atoms with Gasteiger partial charge in [0, 0.05) is 37.8 Å². The molecule has 2 aromatic rings. The number of likely N-dealkylation sites (tertiary alicyclic amines) is 2. The smallest absolute Gasteiger partial charge is 0.127 e. The molecule has 132 valence electrons. The second-order valence-corrected chi connectivity index (χ2v) is 7.59. The maximum atomic E-state index is 14.0. The summed E-state index contributed by atoms with van der Waals surface area (Å²) in [6.45, 7) is 5.61. The molecule has 0 aromatic heterocycles. The van der Waals surface area contributed by atoms with Crippen LogP contribution in [-0.2, 0) is 6.54 Å². The SMILES string of the molecule is Cc1ccccc1[C@H]1[C@@H]2CN(Cc3cc(F)ccc3F)C[C@@H]2CN1C. The van der Waals surface area contributed by atoms with Crippen LogP contribution in [0.3, 0.4) is 0 Å². The molecule has 0 spiro atoms. The van der Waals surface area contributed by atoms with Gasteiger partial charge in [0.05, 0.1) is 0 Å². The normalized spacial score (nSPS) is 27.0. The highest BCUT2D eigenvalue weighted by atomic mass is 19.1. The number of aryl methyl sites for hydroxylation is 1. The van der Waals surface area contributed by atoms with Crippen LogP contribution in [0.25, 0.3) is 0 Å². The Kier molecular flexibility index (Phi) is 4.34. The molecule has 2 saturated heterocycles. The van der Waals surface area contributed by atoms with Crippen LogP contribution >= 0.6 is 0 Å². The fraction of sp³-hybridized carbons (Fsp3) is 0.429. The van der Waals surface area contributed by atoms with Gasteiger partial charge in [0.2, 0.25) is 0 Å². The predicted molar refractivity (Wildman–Crippen MR) is 95.2 cm³/mol. The average Bonchev–Trinajstić information content (AvgIpc) is 3.08. The molecular formula is C21H24F2N2. The Morgan fingerprint density at radius 1 is 1.04 bits per heavy atom. The molecule has 2 aliphatic rings. The zero-order chi connectivity index (χ0) is 17.6. The largest absolute Gasteiger partial charge is 0.299 e. The predicted octanol–water partition coefficient (Wildman–Crippen LogP) is 4.01. The average molecular weight is 342 g/mol. The first-order valence-electron chi connectivity index (χ1n) is 8.95. The lowest BCUT2D eigenvalue weighted by Crippen LogP contribution is -2.29. The van der Waals surface area contributed by atoms with E-state index in [0.717, 1.165) is 19.6 Å². The maximum absolute atomic E-state index is 14.0. The number of fused-ring (bicyclic) bond motifs is 1. The van der Waals surface area contributed by atoms with Crippen LogP contribution in [0.15, 0.2) is 42.5 Å². The first-order chi connectivity index (χ1) is 12.0. The van der Waals surface area contributed by atoms with Gasteiger partial charge in [-0.05, 0) is 55.1 Å². The molecule has 2 nitrogen and oxygen atoms in total. The summed E-state index contributed by atoms with van der Waals surface area (Å²) in [6, 6.07) is 12.7. The third kappa shape index (κ3) is 3.09. The summed E-state index contributed by atoms with van der Waals surface area (Å²) >= 11 is 0. The second-order valence-electron chi connectivity index (χ2n) is 7.59. The van der Waals surface area contributed by atoms with Gasteiger partial charge < -0.3 is 0 Å². The zero-order valence-electron chi connectivity index (χ0n) is 14.8. The van der Waals surface area contributed by atoms with Gasteiger partial charge in [-0.1, -0.05) is 24.3 Å². The highest BCUT2D eigenvalue weighted by Crippen LogP contribution is 2.45. The molecule has 0 bridgehead atoms. The number of nitrogens with zero attached hydrogens (tertiary/aromatic N) is 2. The van der Waals surface area contributed by atoms with Crippen LogP contribution in [0.5, 0.6) is 0 Å². The lowest BCUT2D eigenvalue weighted by Gasteiger charge is -2.28. The van der Waals surface area contributed by atoms with Crippen LogP contribution in [-0.4, -0.2) is 36.5 Å². The quantitative estimate of drug-likeness (QED) is 0.832. The van der Waals surface area contributed by atoms with Crippen molar-refractivity contribution in [2.45, 2.75) is 19.5 Å². The summed E-state index contributed by atoms with van der Waals surface area (Å²) in [4.78, 5) is 4.74. The Labute approximate surface area is 148 Å². The molecule has 25 heavy (non-hydrogen) atoms. The van der Waals surface area contributed by atoms with Crippen molar-refractivity contribution >= 4 is 0 Å². The molecule has 0 aliphatic carbocycles. The van der Waals surface area contributed by atoms with Gasteiger partial charge in [-0.3, -0.25) is 9.80 Å². The van der Waals surface area contributed by atoms with Crippen molar-refractivity contribution in [3.8, 4) is 0 Å². The highest BCUT2D eigenvalue weighted by Gasteiger charge is 2.46. The van der Waals surface area contributed by atoms with E-state index < -0.39 is 0 Å². The Balaban J connectivity index is 1.53. The fourth-order valence-electron chi connectivity index (χ4n) is 4.77. The van der Waals surface area contributed by atoms with Crippen molar-refractivity contribution in [3.63, 3.8) is 0 Å². The number of rotatable bonds is 3. The van der Waals surface area contributed by atoms with Gasteiger partial charge in [-0.15, -0.1) is 0 Å². The topological polar surface area (TPSA) is 6.48 Å². The third-order valence-electron chi connectivity index (χ3n) is 5.88. The molecule has 3 atom stereocenters. The molecule has 2 aromatic carbocycles. The minimum Gasteiger partial charge on any atom is -0.299 e. The zero-order valence-corrected chi connectivity index (χ0v) is 14.8. The minimum atomic E-state index is -0.367. The van der Waals surface area contributed by atoms with Crippen molar-refractivity contribution in [1.82, 2.24) is 9.80 Å². The van der Waals surface area contributed by atoms with E-state index in [1.54, 1.807) is 0 Å². The molecule has 0 saturated carbocycles. The first kappa shape index (κ1) is 16.7. The van der Waals surface area contributed by atoms with E-state index in [9.17, 15) is 8.78 Å². The van der Waals surface area contributed by atoms with Crippen LogP contribution < -0.4 is 0 Å². The first-order valence-corrected chi connectivity index (χ1v) is 8.95. The van der Waals surface area contributed by atoms with Crippen molar-refractivity contribution in [2.24, 2.45) is 11.8 Å². The number of hydrogen-bond donors (Lipinski definition) is 0. The molecule has 4 rings (SSSR count). The monoisotopic (exact) mass is 342 g/mol. The Bertz CT molecular complexity index is 776. The number of halogens is 2. The van der Waals surface area contributed by atoms with Gasteiger partial charge in [0.15, 0.2) is 0 Å². The van der Waals surface area contributed by atoms with Gasteiger partial charge in [0.1, 0.15) is 11.6 Å². The summed E-state index contributed by atoms with van der Waals surface area (Å²) in [5.74, 6) is 0.452. The Morgan fingerprint density at radius 3 is 2.64 bits per heavy atom. The molecule has 2 fully saturated rings. The van der Waals surface area contributed by atoms with Crippen molar-refractivity contribution < 1.29 is 8.78 Å². The second kappa shape index (κ2) is 6.50. The maximum Gasteiger partial charge on any atom is 0.127 e. The fourth-order valence-corrected chi connectivity index (χ4v) is 4.77. The Hall–Kier alpha value is -1.78. The van der Waals surface area contributed by atoms with Crippen molar-refractivity contribution in [2.75, 3.05) is 26.7 Å². The van der Waals surface area contributed by atoms with E-state index in [1.165, 1.54) is 29.3 Å². The molecule has 0 unspecified atom stereocenters. The van der Waals surface area contributed by atoms with E-state index >= 15 is 0 Å². The molecule has 0 amide bonds. The molecular weight excluding hydrogens is 318 g/mol. The lowest BCUT2D eigenvalue weighted by molar-refractivity contribution is 0.222. The Morgan fingerprint density at radius 2 is 1.84 bits per heavy atom. The summed E-state index contributed by atoms with van der Waals surface area (Å²) in [5, 5.41) is 0. The summed E-state index contributed by atoms with van der Waals surface area (Å²) in [7, 11) is 2.20. The van der Waals surface area contributed by atoms with E-state index in [4.69, 9.17) is 0 Å². The lowest BCUT2D eigenvalue weighted by atomic mass is 9.88. The van der Waals surface area contributed by atoms with Crippen LogP contribution in [0, 0.1) is 30.4 Å². The molecule has 0 N–H and O–H groups in total. The van der Waals surface area contributed by atoms with E-state index in [2.05, 4.69) is 48.0 Å². The van der Waals surface area contributed by atoms with Crippen LogP contribution in [0.4, 0.5) is 8.78 Å². The van der Waals surface area contributed by atoms with Gasteiger partial charge >= 0.3 is 0 Å². The van der Waals surface area contributed by atoms with Crippen molar-refractivity contribution in [1.29, 1.82) is 0 Å². The molecule has 2 aliphatic heterocycles. The standard InChI is InChI=1S/C21H24F2N2/c1-14-5-3-4-6-18(14)21-19-13-25(12-16(19)10-24(21)2)11-15-9-17(22)7-8-20(15)23/h3-9,16,19,21H,10-13H2,1-2H3/t16-,19+,21-/m0/s1. The molecule has 4 heteroatoms. The number of benzene rings is 2. The summed E-state index contributed by atoms with van der Waals surface area (Å²) in [5.41, 5.74) is 3.19. The molecule has 2 heterocycles. The van der Waals surface area contributed by atoms with E-state index in [0.29, 0.717) is 30.0 Å². The van der Waals surface area contributed by atoms with Gasteiger partial charge in [-0.25, -0.2) is 8.78 Å².